The van der Waals surface area contributed by atoms with Crippen molar-refractivity contribution in [2.24, 2.45) is 0 Å². The Morgan fingerprint density at radius 1 is 1.32 bits per heavy atom. The van der Waals surface area contributed by atoms with Crippen LogP contribution in [-0.2, 0) is 14.8 Å². The quantitative estimate of drug-likeness (QED) is 0.859. The van der Waals surface area contributed by atoms with Crippen molar-refractivity contribution in [2.45, 2.75) is 11.8 Å². The highest BCUT2D eigenvalue weighted by Gasteiger charge is 2.25. The van der Waals surface area contributed by atoms with Crippen LogP contribution < -0.4 is 5.32 Å². The van der Waals surface area contributed by atoms with Gasteiger partial charge in [-0.1, -0.05) is 12.1 Å². The number of halogens is 1. The molecule has 1 heterocycles. The van der Waals surface area contributed by atoms with Crippen LogP contribution in [0, 0.1) is 6.92 Å². The van der Waals surface area contributed by atoms with Gasteiger partial charge in [-0.05, 0) is 24.6 Å². The van der Waals surface area contributed by atoms with Gasteiger partial charge in [0.2, 0.25) is 15.9 Å². The number of carbonyl (C=O) groups is 1. The average Bonchev–Trinajstić information content (AvgIpc) is 2.48. The molecule has 0 radical (unpaired) electrons. The lowest BCUT2D eigenvalue weighted by Gasteiger charge is -2.29. The number of nitrogens with zero attached hydrogens (tertiary/aromatic N) is 2. The van der Waals surface area contributed by atoms with Crippen LogP contribution in [0.4, 0.5) is 0 Å². The van der Waals surface area contributed by atoms with Crippen molar-refractivity contribution >= 4 is 28.3 Å². The molecule has 1 aromatic rings. The molecule has 0 spiro atoms. The van der Waals surface area contributed by atoms with Gasteiger partial charge in [0, 0.05) is 33.2 Å². The van der Waals surface area contributed by atoms with Crippen molar-refractivity contribution < 1.29 is 13.2 Å². The summed E-state index contributed by atoms with van der Waals surface area (Å²) in [5.41, 5.74) is 0.873. The van der Waals surface area contributed by atoms with Gasteiger partial charge in [-0.25, -0.2) is 8.42 Å². The lowest BCUT2D eigenvalue weighted by Crippen LogP contribution is -2.49. The average molecular weight is 348 g/mol. The van der Waals surface area contributed by atoms with Crippen molar-refractivity contribution in [2.75, 3.05) is 39.8 Å². The molecular formula is C14H22ClN3O3S. The SMILES string of the molecule is Cc1cccc(S(=O)(=O)N(C)CC(=O)N2CCNCC2)c1.Cl. The van der Waals surface area contributed by atoms with E-state index in [2.05, 4.69) is 5.32 Å². The summed E-state index contributed by atoms with van der Waals surface area (Å²) >= 11 is 0. The maximum absolute atomic E-state index is 12.4. The largest absolute Gasteiger partial charge is 0.339 e. The number of hydrogen-bond donors (Lipinski definition) is 1. The Bertz CT molecular complexity index is 616. The Morgan fingerprint density at radius 3 is 2.55 bits per heavy atom. The third-order valence-electron chi connectivity index (χ3n) is 3.53. The molecule has 1 amide bonds. The molecule has 0 aliphatic carbocycles. The van der Waals surface area contributed by atoms with Gasteiger partial charge < -0.3 is 10.2 Å². The van der Waals surface area contributed by atoms with E-state index in [-0.39, 0.29) is 29.8 Å². The zero-order valence-corrected chi connectivity index (χ0v) is 14.4. The third-order valence-corrected chi connectivity index (χ3v) is 5.32. The summed E-state index contributed by atoms with van der Waals surface area (Å²) in [4.78, 5) is 14.1. The van der Waals surface area contributed by atoms with Gasteiger partial charge in [-0.3, -0.25) is 4.79 Å². The zero-order chi connectivity index (χ0) is 15.5. The lowest BCUT2D eigenvalue weighted by molar-refractivity contribution is -0.131. The number of piperazine rings is 1. The van der Waals surface area contributed by atoms with E-state index in [1.54, 1.807) is 23.1 Å². The first-order valence-corrected chi connectivity index (χ1v) is 8.37. The number of nitrogens with one attached hydrogen (secondary N) is 1. The Morgan fingerprint density at radius 2 is 1.95 bits per heavy atom. The number of carbonyl (C=O) groups excluding carboxylic acids is 1. The summed E-state index contributed by atoms with van der Waals surface area (Å²) in [6.07, 6.45) is 0. The smallest absolute Gasteiger partial charge is 0.243 e. The first-order chi connectivity index (χ1) is 9.91. The number of benzene rings is 1. The van der Waals surface area contributed by atoms with Crippen LogP contribution in [0.15, 0.2) is 29.2 Å². The van der Waals surface area contributed by atoms with Gasteiger partial charge in [0.05, 0.1) is 11.4 Å². The minimum Gasteiger partial charge on any atom is -0.339 e. The summed E-state index contributed by atoms with van der Waals surface area (Å²) in [6.45, 7) is 4.45. The highest BCUT2D eigenvalue weighted by molar-refractivity contribution is 7.89. The van der Waals surface area contributed by atoms with Crippen molar-refractivity contribution in [1.82, 2.24) is 14.5 Å². The van der Waals surface area contributed by atoms with E-state index < -0.39 is 10.0 Å². The van der Waals surface area contributed by atoms with Crippen LogP contribution in [0.25, 0.3) is 0 Å². The van der Waals surface area contributed by atoms with E-state index in [1.807, 2.05) is 13.0 Å². The Balaban J connectivity index is 0.00000242. The van der Waals surface area contributed by atoms with Gasteiger partial charge >= 0.3 is 0 Å². The summed E-state index contributed by atoms with van der Waals surface area (Å²) in [5.74, 6) is -0.157. The van der Waals surface area contributed by atoms with Crippen LogP contribution in [-0.4, -0.2) is 63.3 Å². The normalized spacial score (nSPS) is 15.5. The topological polar surface area (TPSA) is 69.7 Å². The fourth-order valence-corrected chi connectivity index (χ4v) is 3.47. The second kappa shape index (κ2) is 7.92. The molecule has 0 unspecified atom stereocenters. The molecule has 1 aromatic carbocycles. The number of aryl methyl sites for hydroxylation is 1. The molecular weight excluding hydrogens is 326 g/mol. The summed E-state index contributed by atoms with van der Waals surface area (Å²) < 4.78 is 26.0. The van der Waals surface area contributed by atoms with Crippen LogP contribution >= 0.6 is 12.4 Å². The highest BCUT2D eigenvalue weighted by Crippen LogP contribution is 2.15. The van der Waals surface area contributed by atoms with E-state index in [0.29, 0.717) is 13.1 Å². The lowest BCUT2D eigenvalue weighted by atomic mass is 10.2. The monoisotopic (exact) mass is 347 g/mol. The zero-order valence-electron chi connectivity index (χ0n) is 12.8. The fraction of sp³-hybridized carbons (Fsp3) is 0.500. The molecule has 124 valence electrons. The molecule has 1 saturated heterocycles. The molecule has 0 bridgehead atoms. The molecule has 1 aliphatic rings. The van der Waals surface area contributed by atoms with E-state index in [9.17, 15) is 13.2 Å². The summed E-state index contributed by atoms with van der Waals surface area (Å²) in [5, 5.41) is 3.16. The van der Waals surface area contributed by atoms with Gasteiger partial charge in [-0.15, -0.1) is 12.4 Å². The van der Waals surface area contributed by atoms with E-state index in [1.165, 1.54) is 7.05 Å². The van der Waals surface area contributed by atoms with Gasteiger partial charge in [0.15, 0.2) is 0 Å². The molecule has 0 aromatic heterocycles. The number of likely N-dealkylation sites (N-methyl/N-ethyl adjacent to an activating group) is 1. The fourth-order valence-electron chi connectivity index (χ4n) is 2.25. The van der Waals surface area contributed by atoms with Crippen molar-refractivity contribution in [1.29, 1.82) is 0 Å². The third kappa shape index (κ3) is 4.42. The van der Waals surface area contributed by atoms with E-state index in [4.69, 9.17) is 0 Å². The van der Waals surface area contributed by atoms with Crippen molar-refractivity contribution in [3.05, 3.63) is 29.8 Å². The molecule has 0 saturated carbocycles. The molecule has 6 nitrogen and oxygen atoms in total. The molecule has 8 heteroatoms. The van der Waals surface area contributed by atoms with Crippen LogP contribution in [0.2, 0.25) is 0 Å². The maximum Gasteiger partial charge on any atom is 0.243 e. The number of hydrogen-bond acceptors (Lipinski definition) is 4. The molecule has 1 aliphatic heterocycles. The predicted molar refractivity (Wildman–Crippen MR) is 87.7 cm³/mol. The summed E-state index contributed by atoms with van der Waals surface area (Å²) in [6, 6.07) is 6.70. The molecule has 0 atom stereocenters. The van der Waals surface area contributed by atoms with Gasteiger partial charge in [-0.2, -0.15) is 4.31 Å². The Labute approximate surface area is 137 Å². The van der Waals surface area contributed by atoms with E-state index in [0.717, 1.165) is 23.0 Å². The number of sulfonamides is 1. The summed E-state index contributed by atoms with van der Waals surface area (Å²) in [7, 11) is -2.18. The molecule has 2 rings (SSSR count). The first-order valence-electron chi connectivity index (χ1n) is 6.93. The standard InChI is InChI=1S/C14H21N3O3S.ClH/c1-12-4-3-5-13(10-12)21(19,20)16(2)11-14(18)17-8-6-15-7-9-17;/h3-5,10,15H,6-9,11H2,1-2H3;1H. The maximum atomic E-state index is 12.4. The minimum atomic E-state index is -3.63. The van der Waals surface area contributed by atoms with E-state index >= 15 is 0 Å². The molecule has 22 heavy (non-hydrogen) atoms. The number of rotatable bonds is 4. The Kier molecular flexibility index (Phi) is 6.80. The Hall–Kier alpha value is -1.15. The minimum absolute atomic E-state index is 0. The van der Waals surface area contributed by atoms with Crippen molar-refractivity contribution in [3.8, 4) is 0 Å². The van der Waals surface area contributed by atoms with Gasteiger partial charge in [0.1, 0.15) is 0 Å². The second-order valence-electron chi connectivity index (χ2n) is 5.21. The van der Waals surface area contributed by atoms with Crippen molar-refractivity contribution in [3.63, 3.8) is 0 Å². The van der Waals surface area contributed by atoms with Crippen LogP contribution in [0.5, 0.6) is 0 Å². The first kappa shape index (κ1) is 18.9. The van der Waals surface area contributed by atoms with Crippen LogP contribution in [0.1, 0.15) is 5.56 Å². The predicted octanol–water partition coefficient (Wildman–Crippen LogP) is 0.469. The highest BCUT2D eigenvalue weighted by atomic mass is 35.5. The molecule has 1 fully saturated rings. The second-order valence-corrected chi connectivity index (χ2v) is 7.25. The van der Waals surface area contributed by atoms with Gasteiger partial charge in [0.25, 0.3) is 0 Å². The number of amides is 1. The molecule has 1 N–H and O–H groups in total. The van der Waals surface area contributed by atoms with Crippen LogP contribution in [0.3, 0.4) is 0 Å².